The number of amides is 2. The van der Waals surface area contributed by atoms with Gasteiger partial charge in [-0.25, -0.2) is 9.59 Å². The van der Waals surface area contributed by atoms with Crippen LogP contribution >= 0.6 is 0 Å². The zero-order chi connectivity index (χ0) is 15.7. The number of aliphatic carboxylic acids is 1. The predicted octanol–water partition coefficient (Wildman–Crippen LogP) is 1.22. The molecule has 1 atom stereocenters. The molecule has 0 heterocycles. The van der Waals surface area contributed by atoms with Crippen molar-refractivity contribution in [3.63, 3.8) is 0 Å². The van der Waals surface area contributed by atoms with Gasteiger partial charge in [0.05, 0.1) is 7.11 Å². The maximum atomic E-state index is 12.1. The standard InChI is InChI=1S/C13H24N2O5/c1-5-6-7-10(12(17)18)14-13(19)15(9(2)3)8-11(16)20-4/h9-10H,5-8H2,1-4H3,(H,14,19)(H,17,18). The summed E-state index contributed by atoms with van der Waals surface area (Å²) in [6, 6.07) is -1.76. The molecule has 0 aromatic rings. The molecule has 0 bridgehead atoms. The first-order valence-electron chi connectivity index (χ1n) is 6.70. The SMILES string of the molecule is CCCCC(NC(=O)N(CC(=O)OC)C(C)C)C(=O)O. The van der Waals surface area contributed by atoms with Gasteiger partial charge in [0.1, 0.15) is 12.6 Å². The molecule has 0 aliphatic carbocycles. The summed E-state index contributed by atoms with van der Waals surface area (Å²) in [6.07, 6.45) is 1.91. The third-order valence-corrected chi connectivity index (χ3v) is 2.85. The highest BCUT2D eigenvalue weighted by atomic mass is 16.5. The molecule has 20 heavy (non-hydrogen) atoms. The van der Waals surface area contributed by atoms with E-state index < -0.39 is 24.0 Å². The van der Waals surface area contributed by atoms with Crippen molar-refractivity contribution in [3.05, 3.63) is 0 Å². The number of ether oxygens (including phenoxy) is 1. The molecule has 0 radical (unpaired) electrons. The number of esters is 1. The van der Waals surface area contributed by atoms with Gasteiger partial charge in [0.25, 0.3) is 0 Å². The Morgan fingerprint density at radius 2 is 1.90 bits per heavy atom. The van der Waals surface area contributed by atoms with Gasteiger partial charge in [0, 0.05) is 6.04 Å². The molecule has 0 aromatic carbocycles. The number of urea groups is 1. The zero-order valence-corrected chi connectivity index (χ0v) is 12.5. The first-order chi connectivity index (χ1) is 9.33. The zero-order valence-electron chi connectivity index (χ0n) is 12.5. The van der Waals surface area contributed by atoms with E-state index in [2.05, 4.69) is 10.1 Å². The van der Waals surface area contributed by atoms with Crippen molar-refractivity contribution >= 4 is 18.0 Å². The maximum absolute atomic E-state index is 12.1. The predicted molar refractivity (Wildman–Crippen MR) is 73.3 cm³/mol. The molecule has 1 unspecified atom stereocenters. The second-order valence-electron chi connectivity index (χ2n) is 4.78. The van der Waals surface area contributed by atoms with Gasteiger partial charge in [-0.05, 0) is 20.3 Å². The van der Waals surface area contributed by atoms with Crippen molar-refractivity contribution in [3.8, 4) is 0 Å². The van der Waals surface area contributed by atoms with Crippen LogP contribution in [0.25, 0.3) is 0 Å². The molecule has 0 saturated heterocycles. The van der Waals surface area contributed by atoms with E-state index in [1.807, 2.05) is 6.92 Å². The minimum absolute atomic E-state index is 0.208. The first-order valence-corrected chi connectivity index (χ1v) is 6.70. The molecule has 116 valence electrons. The molecule has 0 aliphatic heterocycles. The van der Waals surface area contributed by atoms with Crippen molar-refractivity contribution in [2.75, 3.05) is 13.7 Å². The Kier molecular flexibility index (Phi) is 8.35. The lowest BCUT2D eigenvalue weighted by atomic mass is 10.1. The van der Waals surface area contributed by atoms with Crippen LogP contribution in [0.2, 0.25) is 0 Å². The fourth-order valence-corrected chi connectivity index (χ4v) is 1.59. The summed E-state index contributed by atoms with van der Waals surface area (Å²) in [7, 11) is 1.24. The molecule has 7 nitrogen and oxygen atoms in total. The number of carbonyl (C=O) groups is 3. The van der Waals surface area contributed by atoms with Crippen LogP contribution in [-0.4, -0.2) is 53.7 Å². The maximum Gasteiger partial charge on any atom is 0.326 e. The van der Waals surface area contributed by atoms with E-state index >= 15 is 0 Å². The van der Waals surface area contributed by atoms with Crippen LogP contribution in [0.15, 0.2) is 0 Å². The van der Waals surface area contributed by atoms with E-state index in [-0.39, 0.29) is 12.6 Å². The molecule has 0 aromatic heterocycles. The molecule has 0 rings (SSSR count). The fourth-order valence-electron chi connectivity index (χ4n) is 1.59. The van der Waals surface area contributed by atoms with Gasteiger partial charge in [-0.3, -0.25) is 4.79 Å². The highest BCUT2D eigenvalue weighted by Gasteiger charge is 2.25. The third kappa shape index (κ3) is 6.40. The number of rotatable bonds is 8. The fraction of sp³-hybridized carbons (Fsp3) is 0.769. The molecular formula is C13H24N2O5. The van der Waals surface area contributed by atoms with Crippen molar-refractivity contribution in [1.29, 1.82) is 0 Å². The highest BCUT2D eigenvalue weighted by Crippen LogP contribution is 2.05. The molecule has 7 heteroatoms. The minimum atomic E-state index is -1.08. The molecule has 2 amide bonds. The highest BCUT2D eigenvalue weighted by molar-refractivity contribution is 5.85. The van der Waals surface area contributed by atoms with Crippen LogP contribution in [0, 0.1) is 0 Å². The van der Waals surface area contributed by atoms with Gasteiger partial charge in [-0.1, -0.05) is 19.8 Å². The Bertz CT molecular complexity index is 344. The summed E-state index contributed by atoms with van der Waals surface area (Å²) in [5.74, 6) is -1.62. The Morgan fingerprint density at radius 1 is 1.30 bits per heavy atom. The van der Waals surface area contributed by atoms with E-state index in [1.165, 1.54) is 12.0 Å². The number of nitrogens with one attached hydrogen (secondary N) is 1. The number of unbranched alkanes of at least 4 members (excludes halogenated alkanes) is 1. The lowest BCUT2D eigenvalue weighted by Crippen LogP contribution is -2.51. The average molecular weight is 288 g/mol. The van der Waals surface area contributed by atoms with E-state index in [9.17, 15) is 14.4 Å². The molecule has 0 aliphatic rings. The van der Waals surface area contributed by atoms with Crippen molar-refractivity contribution < 1.29 is 24.2 Å². The Balaban J connectivity index is 4.70. The quantitative estimate of drug-likeness (QED) is 0.655. The number of hydrogen-bond acceptors (Lipinski definition) is 4. The Morgan fingerprint density at radius 3 is 2.30 bits per heavy atom. The lowest BCUT2D eigenvalue weighted by Gasteiger charge is -2.27. The average Bonchev–Trinajstić information content (AvgIpc) is 2.39. The lowest BCUT2D eigenvalue weighted by molar-refractivity contribution is -0.141. The molecule has 0 saturated carbocycles. The summed E-state index contributed by atoms with van der Waals surface area (Å²) >= 11 is 0. The van der Waals surface area contributed by atoms with E-state index in [4.69, 9.17) is 5.11 Å². The van der Waals surface area contributed by atoms with Crippen LogP contribution in [0.5, 0.6) is 0 Å². The van der Waals surface area contributed by atoms with Gasteiger partial charge in [0.2, 0.25) is 0 Å². The second-order valence-corrected chi connectivity index (χ2v) is 4.78. The van der Waals surface area contributed by atoms with Crippen molar-refractivity contribution in [2.24, 2.45) is 0 Å². The summed E-state index contributed by atoms with van der Waals surface area (Å²) < 4.78 is 4.52. The van der Waals surface area contributed by atoms with Crippen LogP contribution in [0.3, 0.4) is 0 Å². The third-order valence-electron chi connectivity index (χ3n) is 2.85. The van der Waals surface area contributed by atoms with Crippen LogP contribution in [0.1, 0.15) is 40.0 Å². The summed E-state index contributed by atoms with van der Waals surface area (Å²) in [5, 5.41) is 11.5. The van der Waals surface area contributed by atoms with Gasteiger partial charge >= 0.3 is 18.0 Å². The number of carboxylic acids is 1. The molecule has 0 spiro atoms. The van der Waals surface area contributed by atoms with Crippen molar-refractivity contribution in [2.45, 2.75) is 52.1 Å². The van der Waals surface area contributed by atoms with Crippen molar-refractivity contribution in [1.82, 2.24) is 10.2 Å². The van der Waals surface area contributed by atoms with E-state index in [1.54, 1.807) is 13.8 Å². The molecular weight excluding hydrogens is 264 g/mol. The van der Waals surface area contributed by atoms with Crippen LogP contribution in [0.4, 0.5) is 4.79 Å². The summed E-state index contributed by atoms with van der Waals surface area (Å²) in [5.41, 5.74) is 0. The van der Waals surface area contributed by atoms with E-state index in [0.29, 0.717) is 12.8 Å². The smallest absolute Gasteiger partial charge is 0.326 e. The first kappa shape index (κ1) is 18.2. The second kappa shape index (κ2) is 9.17. The number of carboxylic acid groups (broad SMARTS) is 1. The molecule has 2 N–H and O–H groups in total. The minimum Gasteiger partial charge on any atom is -0.480 e. The molecule has 0 fully saturated rings. The number of methoxy groups -OCH3 is 1. The monoisotopic (exact) mass is 288 g/mol. The van der Waals surface area contributed by atoms with Gasteiger partial charge in [-0.15, -0.1) is 0 Å². The topological polar surface area (TPSA) is 95.9 Å². The van der Waals surface area contributed by atoms with Gasteiger partial charge < -0.3 is 20.1 Å². The number of carbonyl (C=O) groups excluding carboxylic acids is 2. The van der Waals surface area contributed by atoms with Gasteiger partial charge in [0.15, 0.2) is 0 Å². The summed E-state index contributed by atoms with van der Waals surface area (Å²) in [4.78, 5) is 35.7. The van der Waals surface area contributed by atoms with Crippen LogP contribution < -0.4 is 5.32 Å². The van der Waals surface area contributed by atoms with E-state index in [0.717, 1.165) is 6.42 Å². The normalized spacial score (nSPS) is 11.8. The van der Waals surface area contributed by atoms with Crippen LogP contribution in [-0.2, 0) is 14.3 Å². The van der Waals surface area contributed by atoms with Gasteiger partial charge in [-0.2, -0.15) is 0 Å². The summed E-state index contributed by atoms with van der Waals surface area (Å²) in [6.45, 7) is 5.22. The Hall–Kier alpha value is -1.79. The number of hydrogen-bond donors (Lipinski definition) is 2. The largest absolute Gasteiger partial charge is 0.480 e. The number of nitrogens with zero attached hydrogens (tertiary/aromatic N) is 1. The Labute approximate surface area is 119 Å².